The van der Waals surface area contributed by atoms with Crippen molar-refractivity contribution in [3.8, 4) is 5.69 Å². The summed E-state index contributed by atoms with van der Waals surface area (Å²) >= 11 is 0. The number of halogens is 3. The van der Waals surface area contributed by atoms with E-state index in [-0.39, 0.29) is 0 Å². The van der Waals surface area contributed by atoms with Crippen molar-refractivity contribution >= 4 is 21.8 Å². The Morgan fingerprint density at radius 3 is 2.14 bits per heavy atom. The Morgan fingerprint density at radius 2 is 1.49 bits per heavy atom. The van der Waals surface area contributed by atoms with Crippen LogP contribution in [0.1, 0.15) is 82.4 Å². The lowest BCUT2D eigenvalue weighted by Gasteiger charge is -2.14. The number of nitrogens with zero attached hydrogens (tertiary/aromatic N) is 1. The summed E-state index contributed by atoms with van der Waals surface area (Å²) in [4.78, 5) is 0. The second kappa shape index (κ2) is 11.7. The quantitative estimate of drug-likeness (QED) is 0.200. The molecule has 37 heavy (non-hydrogen) atoms. The highest BCUT2D eigenvalue weighted by atomic mass is 19.4. The summed E-state index contributed by atoms with van der Waals surface area (Å²) in [6, 6.07) is 19.1. The van der Waals surface area contributed by atoms with Crippen LogP contribution >= 0.6 is 0 Å². The molecule has 3 aromatic carbocycles. The highest BCUT2D eigenvalue weighted by molar-refractivity contribution is 6.09. The molecule has 0 amide bonds. The van der Waals surface area contributed by atoms with Gasteiger partial charge < -0.3 is 9.88 Å². The third kappa shape index (κ3) is 6.20. The highest BCUT2D eigenvalue weighted by Crippen LogP contribution is 2.36. The fourth-order valence-electron chi connectivity index (χ4n) is 5.28. The van der Waals surface area contributed by atoms with E-state index in [1.54, 1.807) is 12.1 Å². The summed E-state index contributed by atoms with van der Waals surface area (Å²) in [6.45, 7) is 9.89. The Labute approximate surface area is 218 Å². The number of alkyl halides is 3. The molecule has 0 radical (unpaired) electrons. The van der Waals surface area contributed by atoms with Gasteiger partial charge >= 0.3 is 6.18 Å². The standard InChI is InChI=1S/C32H39F3N2/c1-5-7-8-9-22(3)25-11-17-31-29(21-25)28-20-24(19-23(4)36-18-6-2)10-16-30(28)37(31)27-14-12-26(13-15-27)32(33,34)35/h10-17,20-23,36H,5-9,18-19H2,1-4H3. The number of hydrogen-bond acceptors (Lipinski definition) is 1. The van der Waals surface area contributed by atoms with Gasteiger partial charge in [-0.1, -0.05) is 52.2 Å². The Hall–Kier alpha value is -2.79. The van der Waals surface area contributed by atoms with Crippen LogP contribution in [-0.4, -0.2) is 17.2 Å². The second-order valence-corrected chi connectivity index (χ2v) is 10.5. The maximum atomic E-state index is 13.2. The van der Waals surface area contributed by atoms with Crippen molar-refractivity contribution in [3.63, 3.8) is 0 Å². The topological polar surface area (TPSA) is 17.0 Å². The minimum Gasteiger partial charge on any atom is -0.314 e. The van der Waals surface area contributed by atoms with Crippen molar-refractivity contribution in [2.75, 3.05) is 6.54 Å². The zero-order valence-corrected chi connectivity index (χ0v) is 22.5. The van der Waals surface area contributed by atoms with Gasteiger partial charge in [-0.15, -0.1) is 0 Å². The number of nitrogens with one attached hydrogen (secondary N) is 1. The second-order valence-electron chi connectivity index (χ2n) is 10.5. The van der Waals surface area contributed by atoms with Crippen molar-refractivity contribution in [3.05, 3.63) is 77.4 Å². The van der Waals surface area contributed by atoms with E-state index in [1.165, 1.54) is 42.5 Å². The van der Waals surface area contributed by atoms with Crippen LogP contribution in [0.25, 0.3) is 27.5 Å². The van der Waals surface area contributed by atoms with Crippen molar-refractivity contribution < 1.29 is 13.2 Å². The molecule has 1 heterocycles. The first kappa shape index (κ1) is 27.3. The van der Waals surface area contributed by atoms with Crippen molar-refractivity contribution in [2.45, 2.75) is 84.4 Å². The molecular weight excluding hydrogens is 469 g/mol. The Morgan fingerprint density at radius 1 is 0.811 bits per heavy atom. The molecule has 4 aromatic rings. The lowest BCUT2D eigenvalue weighted by Crippen LogP contribution is -2.28. The number of aromatic nitrogens is 1. The minimum absolute atomic E-state index is 0.370. The molecule has 1 aromatic heterocycles. The van der Waals surface area contributed by atoms with Gasteiger partial charge in [-0.2, -0.15) is 13.2 Å². The molecular formula is C32H39F3N2. The largest absolute Gasteiger partial charge is 0.416 e. The van der Waals surface area contributed by atoms with Crippen LogP contribution in [0.5, 0.6) is 0 Å². The first-order chi connectivity index (χ1) is 17.7. The van der Waals surface area contributed by atoms with E-state index >= 15 is 0 Å². The van der Waals surface area contributed by atoms with Gasteiger partial charge in [0.1, 0.15) is 0 Å². The van der Waals surface area contributed by atoms with Gasteiger partial charge in [-0.05, 0) is 98.3 Å². The predicted octanol–water partition coefficient (Wildman–Crippen LogP) is 9.42. The number of fused-ring (bicyclic) bond motifs is 3. The Kier molecular flexibility index (Phi) is 8.63. The normalized spacial score (nSPS) is 13.9. The molecule has 2 unspecified atom stereocenters. The average Bonchev–Trinajstić information content (AvgIpc) is 3.20. The van der Waals surface area contributed by atoms with Gasteiger partial charge in [0, 0.05) is 22.5 Å². The van der Waals surface area contributed by atoms with Gasteiger partial charge in [-0.25, -0.2) is 0 Å². The highest BCUT2D eigenvalue weighted by Gasteiger charge is 2.30. The average molecular weight is 509 g/mol. The third-order valence-electron chi connectivity index (χ3n) is 7.40. The van der Waals surface area contributed by atoms with Crippen LogP contribution in [-0.2, 0) is 12.6 Å². The summed E-state index contributed by atoms with van der Waals surface area (Å²) in [5.41, 5.74) is 4.73. The van der Waals surface area contributed by atoms with E-state index in [0.717, 1.165) is 53.3 Å². The van der Waals surface area contributed by atoms with Gasteiger partial charge in [0.05, 0.1) is 16.6 Å². The minimum atomic E-state index is -4.35. The van der Waals surface area contributed by atoms with Crippen LogP contribution in [0.15, 0.2) is 60.7 Å². The van der Waals surface area contributed by atoms with Crippen molar-refractivity contribution in [1.82, 2.24) is 9.88 Å². The van der Waals surface area contributed by atoms with Crippen LogP contribution < -0.4 is 5.32 Å². The van der Waals surface area contributed by atoms with Gasteiger partial charge in [0.25, 0.3) is 0 Å². The number of rotatable bonds is 11. The van der Waals surface area contributed by atoms with Gasteiger partial charge in [-0.3, -0.25) is 0 Å². The molecule has 2 nitrogen and oxygen atoms in total. The van der Waals surface area contributed by atoms with Gasteiger partial charge in [0.2, 0.25) is 0 Å². The van der Waals surface area contributed by atoms with E-state index in [1.807, 2.05) is 0 Å². The van der Waals surface area contributed by atoms with E-state index in [9.17, 15) is 13.2 Å². The van der Waals surface area contributed by atoms with Crippen LogP contribution in [0.4, 0.5) is 13.2 Å². The number of benzene rings is 3. The van der Waals surface area contributed by atoms with Crippen LogP contribution in [0.3, 0.4) is 0 Å². The third-order valence-corrected chi connectivity index (χ3v) is 7.40. The number of unbranched alkanes of at least 4 members (excludes halogenated alkanes) is 2. The zero-order chi connectivity index (χ0) is 26.6. The summed E-state index contributed by atoms with van der Waals surface area (Å²) in [7, 11) is 0. The molecule has 198 valence electrons. The van der Waals surface area contributed by atoms with E-state index in [2.05, 4.69) is 74.0 Å². The summed E-state index contributed by atoms with van der Waals surface area (Å²) in [6.07, 6.45) is 2.51. The van der Waals surface area contributed by atoms with Gasteiger partial charge in [0.15, 0.2) is 0 Å². The molecule has 1 N–H and O–H groups in total. The summed E-state index contributed by atoms with van der Waals surface area (Å²) in [5.74, 6) is 0.460. The lowest BCUT2D eigenvalue weighted by atomic mass is 9.93. The molecule has 0 aliphatic carbocycles. The monoisotopic (exact) mass is 508 g/mol. The lowest BCUT2D eigenvalue weighted by molar-refractivity contribution is -0.137. The molecule has 0 bridgehead atoms. The summed E-state index contributed by atoms with van der Waals surface area (Å²) < 4.78 is 41.7. The SMILES string of the molecule is CCCCCC(C)c1ccc2c(c1)c1cc(CC(C)NCCC)ccc1n2-c1ccc(C(F)(F)F)cc1. The molecule has 0 saturated heterocycles. The Balaban J connectivity index is 1.81. The molecule has 5 heteroatoms. The predicted molar refractivity (Wildman–Crippen MR) is 150 cm³/mol. The maximum Gasteiger partial charge on any atom is 0.416 e. The van der Waals surface area contributed by atoms with Crippen LogP contribution in [0, 0.1) is 0 Å². The van der Waals surface area contributed by atoms with E-state index < -0.39 is 11.7 Å². The zero-order valence-electron chi connectivity index (χ0n) is 22.5. The van der Waals surface area contributed by atoms with Crippen LogP contribution in [0.2, 0.25) is 0 Å². The molecule has 0 saturated carbocycles. The van der Waals surface area contributed by atoms with Crippen molar-refractivity contribution in [2.24, 2.45) is 0 Å². The smallest absolute Gasteiger partial charge is 0.314 e. The Bertz CT molecular complexity index is 1320. The molecule has 0 aliphatic heterocycles. The van der Waals surface area contributed by atoms with E-state index in [0.29, 0.717) is 12.0 Å². The van der Waals surface area contributed by atoms with Crippen molar-refractivity contribution in [1.29, 1.82) is 0 Å². The first-order valence-electron chi connectivity index (χ1n) is 13.7. The maximum absolute atomic E-state index is 13.2. The molecule has 4 rings (SSSR count). The molecule has 2 atom stereocenters. The molecule has 0 aliphatic rings. The van der Waals surface area contributed by atoms with E-state index in [4.69, 9.17) is 0 Å². The molecule has 0 spiro atoms. The molecule has 0 fully saturated rings. The number of hydrogen-bond donors (Lipinski definition) is 1. The fraction of sp³-hybridized carbons (Fsp3) is 0.438. The fourth-order valence-corrected chi connectivity index (χ4v) is 5.28. The summed E-state index contributed by atoms with van der Waals surface area (Å²) in [5, 5.41) is 5.87. The first-order valence-corrected chi connectivity index (χ1v) is 13.7.